The van der Waals surface area contributed by atoms with Crippen LogP contribution >= 0.6 is 0 Å². The summed E-state index contributed by atoms with van der Waals surface area (Å²) < 4.78 is 17.8. The van der Waals surface area contributed by atoms with Crippen LogP contribution in [0.5, 0.6) is 5.75 Å². The molecule has 278 valence electrons. The molecule has 2 fully saturated rings. The molecule has 0 radical (unpaired) electrons. The fourth-order valence-electron chi connectivity index (χ4n) is 8.15. The highest BCUT2D eigenvalue weighted by Gasteiger charge is 2.36. The monoisotopic (exact) mass is 717 g/mol. The number of carbonyl (C=O) groups is 3. The Bertz CT molecular complexity index is 1880. The van der Waals surface area contributed by atoms with Gasteiger partial charge in [0.2, 0.25) is 0 Å². The Labute approximate surface area is 313 Å². The van der Waals surface area contributed by atoms with Crippen LogP contribution in [0.4, 0.5) is 11.4 Å². The quantitative estimate of drug-likeness (QED) is 0.118. The molecular weight excluding hydrogens is 666 g/mol. The van der Waals surface area contributed by atoms with E-state index < -0.39 is 5.97 Å². The first-order valence-corrected chi connectivity index (χ1v) is 19.5. The van der Waals surface area contributed by atoms with Gasteiger partial charge in [0, 0.05) is 31.7 Å². The van der Waals surface area contributed by atoms with Gasteiger partial charge in [-0.1, -0.05) is 52.0 Å². The number of hydrogen-bond donors (Lipinski definition) is 0. The van der Waals surface area contributed by atoms with E-state index in [0.717, 1.165) is 69.2 Å². The fraction of sp³-hybridized carbons (Fsp3) is 0.455. The lowest BCUT2D eigenvalue weighted by atomic mass is 9.76. The fourth-order valence-corrected chi connectivity index (χ4v) is 8.15. The Balaban J connectivity index is 1.17. The first-order valence-electron chi connectivity index (χ1n) is 19.5. The van der Waals surface area contributed by atoms with Gasteiger partial charge >= 0.3 is 18.0 Å². The number of nitrogens with zero attached hydrogens (tertiary/aromatic N) is 3. The number of aliphatic imine (C=N–C) groups is 1. The van der Waals surface area contributed by atoms with E-state index in [9.17, 15) is 14.4 Å². The lowest BCUT2D eigenvalue weighted by Crippen LogP contribution is -2.34. The SMILES string of the molecule is CCC(=O)Oc1ccc(CCN2C(=O)/C(=C\c3cc4c5c(c3)CCCN5CCC4)OC2=Nc2ccccc2C(=O)OC2C[C@@H](C(C)C)CCC2C)cc1. The lowest BCUT2D eigenvalue weighted by molar-refractivity contribution is -0.134. The minimum absolute atomic E-state index is 0.117. The van der Waals surface area contributed by atoms with E-state index in [4.69, 9.17) is 19.2 Å². The van der Waals surface area contributed by atoms with Crippen LogP contribution in [0.15, 0.2) is 71.4 Å². The number of carbonyl (C=O) groups excluding carboxylic acids is 3. The summed E-state index contributed by atoms with van der Waals surface area (Å²) in [6.45, 7) is 10.9. The van der Waals surface area contributed by atoms with Crippen LogP contribution in [0.2, 0.25) is 0 Å². The van der Waals surface area contributed by atoms with Crippen LogP contribution in [-0.4, -0.2) is 54.5 Å². The summed E-state index contributed by atoms with van der Waals surface area (Å²) in [7, 11) is 0. The summed E-state index contributed by atoms with van der Waals surface area (Å²) in [5, 5.41) is 0. The third kappa shape index (κ3) is 8.19. The molecule has 0 N–H and O–H groups in total. The molecule has 1 saturated heterocycles. The predicted octanol–water partition coefficient (Wildman–Crippen LogP) is 8.45. The molecule has 0 bridgehead atoms. The largest absolute Gasteiger partial charge is 0.458 e. The molecule has 1 saturated carbocycles. The van der Waals surface area contributed by atoms with E-state index in [1.165, 1.54) is 16.8 Å². The van der Waals surface area contributed by atoms with E-state index in [2.05, 4.69) is 37.8 Å². The molecule has 3 atom stereocenters. The van der Waals surface area contributed by atoms with Gasteiger partial charge in [0.05, 0.1) is 11.3 Å². The van der Waals surface area contributed by atoms with E-state index in [-0.39, 0.29) is 42.2 Å². The van der Waals surface area contributed by atoms with Gasteiger partial charge in [-0.25, -0.2) is 4.79 Å². The molecule has 1 amide bonds. The van der Waals surface area contributed by atoms with Crippen molar-refractivity contribution in [2.75, 3.05) is 24.5 Å². The van der Waals surface area contributed by atoms with Crippen molar-refractivity contribution in [3.63, 3.8) is 0 Å². The number of aryl methyl sites for hydroxylation is 2. The molecule has 3 heterocycles. The Morgan fingerprint density at radius 3 is 2.42 bits per heavy atom. The summed E-state index contributed by atoms with van der Waals surface area (Å²) in [4.78, 5) is 48.5. The van der Waals surface area contributed by atoms with Gasteiger partial charge < -0.3 is 19.1 Å². The normalized spacial score (nSPS) is 22.6. The van der Waals surface area contributed by atoms with Gasteiger partial charge in [-0.2, -0.15) is 4.99 Å². The summed E-state index contributed by atoms with van der Waals surface area (Å²) in [5.74, 6) is 0.995. The van der Waals surface area contributed by atoms with E-state index in [1.807, 2.05) is 24.3 Å². The lowest BCUT2D eigenvalue weighted by Gasteiger charge is -2.37. The summed E-state index contributed by atoms with van der Waals surface area (Å²) in [6.07, 6.45) is 9.77. The average molecular weight is 718 g/mol. The maximum atomic E-state index is 14.1. The molecule has 0 aromatic heterocycles. The second kappa shape index (κ2) is 16.0. The number of ether oxygens (including phenoxy) is 3. The maximum Gasteiger partial charge on any atom is 0.340 e. The van der Waals surface area contributed by atoms with E-state index >= 15 is 0 Å². The second-order valence-corrected chi connectivity index (χ2v) is 15.3. The summed E-state index contributed by atoms with van der Waals surface area (Å²) >= 11 is 0. The first-order chi connectivity index (χ1) is 25.7. The molecule has 3 aromatic carbocycles. The zero-order valence-corrected chi connectivity index (χ0v) is 31.4. The Kier molecular flexibility index (Phi) is 11.0. The van der Waals surface area contributed by atoms with E-state index in [0.29, 0.717) is 41.7 Å². The highest BCUT2D eigenvalue weighted by atomic mass is 16.5. The van der Waals surface area contributed by atoms with Gasteiger partial charge in [-0.15, -0.1) is 0 Å². The molecule has 4 aliphatic rings. The molecule has 9 heteroatoms. The molecule has 53 heavy (non-hydrogen) atoms. The molecule has 3 aliphatic heterocycles. The van der Waals surface area contributed by atoms with Crippen molar-refractivity contribution < 1.29 is 28.6 Å². The van der Waals surface area contributed by atoms with Crippen molar-refractivity contribution >= 4 is 41.3 Å². The first kappa shape index (κ1) is 36.4. The number of hydrogen-bond acceptors (Lipinski definition) is 8. The van der Waals surface area contributed by atoms with Gasteiger partial charge in [-0.05, 0) is 134 Å². The van der Waals surface area contributed by atoms with Crippen molar-refractivity contribution in [2.24, 2.45) is 22.7 Å². The van der Waals surface area contributed by atoms with Crippen LogP contribution in [0.25, 0.3) is 6.08 Å². The van der Waals surface area contributed by atoms with Crippen LogP contribution in [0.1, 0.15) is 98.8 Å². The van der Waals surface area contributed by atoms with Crippen LogP contribution < -0.4 is 9.64 Å². The molecule has 3 aromatic rings. The van der Waals surface area contributed by atoms with Crippen molar-refractivity contribution in [3.05, 3.63) is 94.2 Å². The molecule has 7 rings (SSSR count). The highest BCUT2D eigenvalue weighted by molar-refractivity contribution is 6.12. The predicted molar refractivity (Wildman–Crippen MR) is 206 cm³/mol. The van der Waals surface area contributed by atoms with Gasteiger partial charge in [0.1, 0.15) is 11.9 Å². The van der Waals surface area contributed by atoms with Crippen molar-refractivity contribution in [1.82, 2.24) is 4.90 Å². The molecule has 1 aliphatic carbocycles. The topological polar surface area (TPSA) is 97.7 Å². The number of amides is 1. The average Bonchev–Trinajstić information content (AvgIpc) is 3.44. The van der Waals surface area contributed by atoms with Gasteiger partial charge in [-0.3, -0.25) is 14.5 Å². The van der Waals surface area contributed by atoms with Crippen molar-refractivity contribution in [3.8, 4) is 5.75 Å². The summed E-state index contributed by atoms with van der Waals surface area (Å²) in [6, 6.07) is 18.9. The maximum absolute atomic E-state index is 14.1. The van der Waals surface area contributed by atoms with Crippen molar-refractivity contribution in [2.45, 2.75) is 91.6 Å². The van der Waals surface area contributed by atoms with Gasteiger partial charge in [0.15, 0.2) is 5.76 Å². The molecular formula is C44H51N3O6. The molecule has 9 nitrogen and oxygen atoms in total. The summed E-state index contributed by atoms with van der Waals surface area (Å²) in [5.41, 5.74) is 6.63. The van der Waals surface area contributed by atoms with Crippen LogP contribution in [-0.2, 0) is 38.3 Å². The van der Waals surface area contributed by atoms with E-state index in [1.54, 1.807) is 42.2 Å². The number of benzene rings is 3. The standard InChI is InChI=1S/C44H51N3O6/c1-5-40(48)51-35-18-15-30(16-19-35)20-23-47-42(49)39(26-31-24-33-10-8-21-46-22-9-11-34(25-31)41(33)46)53-44(47)45-37-13-7-6-12-36(37)43(50)52-38-27-32(28(2)3)17-14-29(38)4/h6-7,12-13,15-16,18-19,24-26,28-29,32,38H,5,8-11,14,17,20-23,27H2,1-4H3/b39-26+,45-44?/t29?,32-,38?/m0/s1. The number of anilines is 1. The second-order valence-electron chi connectivity index (χ2n) is 15.3. The third-order valence-corrected chi connectivity index (χ3v) is 11.3. The Morgan fingerprint density at radius 1 is 1.00 bits per heavy atom. The zero-order chi connectivity index (χ0) is 37.1. The number of amidine groups is 1. The third-order valence-electron chi connectivity index (χ3n) is 11.3. The smallest absolute Gasteiger partial charge is 0.340 e. The number of para-hydroxylation sites is 1. The molecule has 2 unspecified atom stereocenters. The number of esters is 2. The molecule has 0 spiro atoms. The van der Waals surface area contributed by atoms with Crippen LogP contribution in [0, 0.1) is 17.8 Å². The minimum Gasteiger partial charge on any atom is -0.458 e. The minimum atomic E-state index is -0.418. The van der Waals surface area contributed by atoms with Crippen LogP contribution in [0.3, 0.4) is 0 Å². The Hall–Kier alpha value is -4.92. The van der Waals surface area contributed by atoms with Crippen molar-refractivity contribution in [1.29, 1.82) is 0 Å². The Morgan fingerprint density at radius 2 is 1.72 bits per heavy atom. The highest BCUT2D eigenvalue weighted by Crippen LogP contribution is 2.38. The zero-order valence-electron chi connectivity index (χ0n) is 31.4. The van der Waals surface area contributed by atoms with Gasteiger partial charge in [0.25, 0.3) is 5.91 Å². The number of rotatable bonds is 10.